The van der Waals surface area contributed by atoms with Crippen LogP contribution in [-0.4, -0.2) is 24.1 Å². The smallest absolute Gasteiger partial charge is 0.326 e. The Bertz CT molecular complexity index is 132. The molecule has 1 unspecified atom stereocenters. The minimum Gasteiger partial charge on any atom is -0.468 e. The first kappa shape index (κ1) is 8.49. The highest BCUT2D eigenvalue weighted by Crippen LogP contribution is 1.97. The van der Waals surface area contributed by atoms with E-state index in [-0.39, 0.29) is 5.78 Å². The van der Waals surface area contributed by atoms with Crippen molar-refractivity contribution in [2.75, 3.05) is 7.11 Å². The number of esters is 1. The summed E-state index contributed by atoms with van der Waals surface area (Å²) < 4.78 is 4.24. The van der Waals surface area contributed by atoms with E-state index in [2.05, 4.69) is 17.4 Å². The largest absolute Gasteiger partial charge is 0.468 e. The van der Waals surface area contributed by atoms with E-state index in [4.69, 9.17) is 0 Å². The average molecular weight is 148 g/mol. The highest BCUT2D eigenvalue weighted by molar-refractivity contribution is 7.82. The van der Waals surface area contributed by atoms with Gasteiger partial charge in [-0.15, -0.1) is 0 Å². The average Bonchev–Trinajstić information content (AvgIpc) is 1.84. The van der Waals surface area contributed by atoms with Crippen molar-refractivity contribution in [2.24, 2.45) is 0 Å². The molecule has 0 fully saturated rings. The van der Waals surface area contributed by atoms with Crippen molar-refractivity contribution in [3.63, 3.8) is 0 Å². The van der Waals surface area contributed by atoms with Gasteiger partial charge in [0.25, 0.3) is 0 Å². The van der Waals surface area contributed by atoms with E-state index in [0.717, 1.165) is 0 Å². The first-order chi connectivity index (χ1) is 4.09. The van der Waals surface area contributed by atoms with Crippen molar-refractivity contribution in [1.82, 2.24) is 0 Å². The lowest BCUT2D eigenvalue weighted by atomic mass is 10.3. The molecule has 4 heteroatoms. The van der Waals surface area contributed by atoms with Gasteiger partial charge in [-0.25, -0.2) is 0 Å². The lowest BCUT2D eigenvalue weighted by molar-refractivity contribution is -0.142. The molecule has 0 saturated carbocycles. The molecule has 9 heavy (non-hydrogen) atoms. The Morgan fingerprint density at radius 2 is 2.00 bits per heavy atom. The molecule has 52 valence electrons. The van der Waals surface area contributed by atoms with Crippen molar-refractivity contribution >= 4 is 24.4 Å². The summed E-state index contributed by atoms with van der Waals surface area (Å²) in [6.45, 7) is 1.29. The summed E-state index contributed by atoms with van der Waals surface area (Å²) in [5.41, 5.74) is 0. The number of carbonyl (C=O) groups excluding carboxylic acids is 2. The molecule has 0 aliphatic rings. The second-order valence-electron chi connectivity index (χ2n) is 1.54. The van der Waals surface area contributed by atoms with E-state index < -0.39 is 11.2 Å². The van der Waals surface area contributed by atoms with Crippen LogP contribution in [0.25, 0.3) is 0 Å². The van der Waals surface area contributed by atoms with Gasteiger partial charge in [-0.1, -0.05) is 0 Å². The molecule has 1 atom stereocenters. The molecule has 0 heterocycles. The van der Waals surface area contributed by atoms with Crippen LogP contribution in [0.5, 0.6) is 0 Å². The number of hydrogen-bond acceptors (Lipinski definition) is 4. The van der Waals surface area contributed by atoms with Crippen LogP contribution >= 0.6 is 12.6 Å². The second-order valence-corrected chi connectivity index (χ2v) is 2.05. The van der Waals surface area contributed by atoms with Gasteiger partial charge in [0.2, 0.25) is 0 Å². The third-order valence-corrected chi connectivity index (χ3v) is 1.38. The van der Waals surface area contributed by atoms with Gasteiger partial charge in [-0.3, -0.25) is 9.59 Å². The highest BCUT2D eigenvalue weighted by atomic mass is 32.1. The number of thiol groups is 1. The van der Waals surface area contributed by atoms with Crippen molar-refractivity contribution in [3.05, 3.63) is 0 Å². The van der Waals surface area contributed by atoms with Crippen LogP contribution in [0.1, 0.15) is 6.92 Å². The topological polar surface area (TPSA) is 43.4 Å². The predicted octanol–water partition coefficient (Wildman–Crippen LogP) is 0.0468. The van der Waals surface area contributed by atoms with E-state index in [9.17, 15) is 9.59 Å². The number of hydrogen-bond donors (Lipinski definition) is 1. The molecule has 0 radical (unpaired) electrons. The minimum absolute atomic E-state index is 0.301. The summed E-state index contributed by atoms with van der Waals surface area (Å²) in [5, 5.41) is -0.921. The SMILES string of the molecule is COC(=O)C(S)C(C)=O. The Kier molecular flexibility index (Phi) is 3.30. The van der Waals surface area contributed by atoms with Crippen LogP contribution in [0.15, 0.2) is 0 Å². The van der Waals surface area contributed by atoms with E-state index in [0.29, 0.717) is 0 Å². The summed E-state index contributed by atoms with van der Waals surface area (Å²) in [7, 11) is 1.22. The van der Waals surface area contributed by atoms with Gasteiger partial charge in [0.05, 0.1) is 7.11 Å². The summed E-state index contributed by atoms with van der Waals surface area (Å²) in [6.07, 6.45) is 0. The fraction of sp³-hybridized carbons (Fsp3) is 0.600. The number of rotatable bonds is 2. The van der Waals surface area contributed by atoms with Gasteiger partial charge in [0, 0.05) is 0 Å². The van der Waals surface area contributed by atoms with Crippen LogP contribution in [0.2, 0.25) is 0 Å². The van der Waals surface area contributed by atoms with E-state index >= 15 is 0 Å². The Balaban J connectivity index is 3.88. The van der Waals surface area contributed by atoms with Gasteiger partial charge < -0.3 is 4.74 Å². The van der Waals surface area contributed by atoms with Gasteiger partial charge in [-0.2, -0.15) is 12.6 Å². The molecule has 0 bridgehead atoms. The summed E-state index contributed by atoms with van der Waals surface area (Å²) in [4.78, 5) is 20.8. The molecular weight excluding hydrogens is 140 g/mol. The van der Waals surface area contributed by atoms with Crippen molar-refractivity contribution in [3.8, 4) is 0 Å². The summed E-state index contributed by atoms with van der Waals surface area (Å²) in [6, 6.07) is 0. The molecule has 0 aromatic rings. The highest BCUT2D eigenvalue weighted by Gasteiger charge is 2.18. The molecule has 0 amide bonds. The van der Waals surface area contributed by atoms with Crippen molar-refractivity contribution in [2.45, 2.75) is 12.2 Å². The van der Waals surface area contributed by atoms with Gasteiger partial charge in [0.15, 0.2) is 11.0 Å². The quantitative estimate of drug-likeness (QED) is 0.342. The van der Waals surface area contributed by atoms with Gasteiger partial charge >= 0.3 is 5.97 Å². The number of methoxy groups -OCH3 is 1. The Hall–Kier alpha value is -0.510. The molecule has 3 nitrogen and oxygen atoms in total. The normalized spacial score (nSPS) is 12.3. The third-order valence-electron chi connectivity index (χ3n) is 0.810. The molecule has 0 aromatic carbocycles. The minimum atomic E-state index is -0.921. The molecular formula is C5H8O3S. The van der Waals surface area contributed by atoms with Crippen LogP contribution in [0.3, 0.4) is 0 Å². The molecule has 0 saturated heterocycles. The lowest BCUT2D eigenvalue weighted by Crippen LogP contribution is -2.23. The maximum Gasteiger partial charge on any atom is 0.326 e. The predicted molar refractivity (Wildman–Crippen MR) is 35.5 cm³/mol. The molecule has 0 rings (SSSR count). The van der Waals surface area contributed by atoms with Crippen LogP contribution < -0.4 is 0 Å². The molecule has 0 N–H and O–H groups in total. The summed E-state index contributed by atoms with van der Waals surface area (Å²) in [5.74, 6) is -0.906. The zero-order valence-corrected chi connectivity index (χ0v) is 6.14. The van der Waals surface area contributed by atoms with Crippen molar-refractivity contribution < 1.29 is 14.3 Å². The van der Waals surface area contributed by atoms with E-state index in [1.807, 2.05) is 0 Å². The number of carbonyl (C=O) groups is 2. The summed E-state index contributed by atoms with van der Waals surface area (Å²) >= 11 is 3.68. The number of ether oxygens (including phenoxy) is 1. The van der Waals surface area contributed by atoms with Gasteiger partial charge in [-0.05, 0) is 6.92 Å². The monoisotopic (exact) mass is 148 g/mol. The maximum atomic E-state index is 10.4. The Morgan fingerprint density at radius 1 is 1.56 bits per heavy atom. The molecule has 0 aliphatic heterocycles. The van der Waals surface area contributed by atoms with Crippen molar-refractivity contribution in [1.29, 1.82) is 0 Å². The maximum absolute atomic E-state index is 10.4. The number of ketones is 1. The molecule has 0 aromatic heterocycles. The van der Waals surface area contributed by atoms with E-state index in [1.165, 1.54) is 14.0 Å². The second kappa shape index (κ2) is 3.50. The first-order valence-electron chi connectivity index (χ1n) is 2.36. The molecule has 0 spiro atoms. The third kappa shape index (κ3) is 2.51. The van der Waals surface area contributed by atoms with Crippen LogP contribution in [0.4, 0.5) is 0 Å². The fourth-order valence-electron chi connectivity index (χ4n) is 0.278. The van der Waals surface area contributed by atoms with Crippen LogP contribution in [0, 0.1) is 0 Å². The molecule has 0 aliphatic carbocycles. The van der Waals surface area contributed by atoms with Gasteiger partial charge in [0.1, 0.15) is 0 Å². The zero-order valence-electron chi connectivity index (χ0n) is 5.25. The first-order valence-corrected chi connectivity index (χ1v) is 2.87. The Labute approximate surface area is 58.8 Å². The zero-order chi connectivity index (χ0) is 7.44. The Morgan fingerprint density at radius 3 is 2.11 bits per heavy atom. The lowest BCUT2D eigenvalue weighted by Gasteiger charge is -2.01. The van der Waals surface area contributed by atoms with E-state index in [1.54, 1.807) is 0 Å². The fourth-order valence-corrected chi connectivity index (χ4v) is 0.383. The standard InChI is InChI=1S/C5H8O3S/c1-3(6)4(9)5(7)8-2/h4,9H,1-2H3. The van der Waals surface area contributed by atoms with Crippen LogP contribution in [-0.2, 0) is 14.3 Å². The number of Topliss-reactive ketones (excluding diaryl/α,β-unsaturated/α-hetero) is 1.